The Hall–Kier alpha value is -3.87. The Labute approximate surface area is 181 Å². The van der Waals surface area contributed by atoms with Crippen molar-refractivity contribution < 1.29 is 23.8 Å². The summed E-state index contributed by atoms with van der Waals surface area (Å²) in [7, 11) is 3.19. The van der Waals surface area contributed by atoms with Crippen LogP contribution in [0, 0.1) is 6.92 Å². The Morgan fingerprint density at radius 3 is 1.87 bits per heavy atom. The summed E-state index contributed by atoms with van der Waals surface area (Å²) in [6, 6.07) is 17.7. The third-order valence-corrected chi connectivity index (χ3v) is 4.69. The third-order valence-electron chi connectivity index (χ3n) is 4.69. The molecular weight excluding hydrogens is 396 g/mol. The first-order valence-corrected chi connectivity index (χ1v) is 9.67. The smallest absolute Gasteiger partial charge is 0.340 e. The number of hydrogen-bond donors (Lipinski definition) is 1. The van der Waals surface area contributed by atoms with E-state index in [0.717, 1.165) is 16.8 Å². The molecule has 7 nitrogen and oxygen atoms in total. The van der Waals surface area contributed by atoms with Gasteiger partial charge in [-0.05, 0) is 54.4 Å². The molecule has 3 rings (SSSR count). The first kappa shape index (κ1) is 21.8. The fraction of sp³-hybridized carbons (Fsp3) is 0.208. The number of pyridine rings is 1. The fourth-order valence-corrected chi connectivity index (χ4v) is 2.96. The Bertz CT molecular complexity index is 968. The van der Waals surface area contributed by atoms with Crippen LogP contribution >= 0.6 is 0 Å². The summed E-state index contributed by atoms with van der Waals surface area (Å²) in [4.78, 5) is 28.8. The van der Waals surface area contributed by atoms with E-state index in [9.17, 15) is 9.59 Å². The summed E-state index contributed by atoms with van der Waals surface area (Å²) in [5, 5.41) is 2.93. The Morgan fingerprint density at radius 2 is 1.42 bits per heavy atom. The quantitative estimate of drug-likeness (QED) is 0.562. The number of rotatable bonds is 8. The van der Waals surface area contributed by atoms with E-state index in [1.807, 2.05) is 55.5 Å². The van der Waals surface area contributed by atoms with E-state index < -0.39 is 24.5 Å². The van der Waals surface area contributed by atoms with Gasteiger partial charge >= 0.3 is 5.97 Å². The predicted octanol–water partition coefficient (Wildman–Crippen LogP) is 3.47. The van der Waals surface area contributed by atoms with Crippen LogP contribution in [0.25, 0.3) is 0 Å². The number of esters is 1. The molecule has 31 heavy (non-hydrogen) atoms. The zero-order chi connectivity index (χ0) is 22.2. The van der Waals surface area contributed by atoms with Gasteiger partial charge < -0.3 is 19.5 Å². The number of nitrogens with one attached hydrogen (secondary N) is 1. The molecule has 2 aromatic carbocycles. The number of aromatic nitrogens is 1. The summed E-state index contributed by atoms with van der Waals surface area (Å²) in [6.45, 7) is 1.41. The average Bonchev–Trinajstić information content (AvgIpc) is 2.81. The van der Waals surface area contributed by atoms with Crippen molar-refractivity contribution in [1.82, 2.24) is 10.3 Å². The number of benzene rings is 2. The van der Waals surface area contributed by atoms with Crippen LogP contribution in [0.4, 0.5) is 0 Å². The van der Waals surface area contributed by atoms with Crippen molar-refractivity contribution in [1.29, 1.82) is 0 Å². The van der Waals surface area contributed by atoms with Gasteiger partial charge in [0.25, 0.3) is 5.91 Å². The number of amides is 1. The van der Waals surface area contributed by atoms with Gasteiger partial charge in [0.15, 0.2) is 6.61 Å². The van der Waals surface area contributed by atoms with Crippen LogP contribution < -0.4 is 14.8 Å². The average molecular weight is 420 g/mol. The molecule has 0 saturated heterocycles. The summed E-state index contributed by atoms with van der Waals surface area (Å²) >= 11 is 0. The second-order valence-electron chi connectivity index (χ2n) is 6.81. The van der Waals surface area contributed by atoms with Crippen molar-refractivity contribution in [3.63, 3.8) is 0 Å². The lowest BCUT2D eigenvalue weighted by molar-refractivity contribution is -0.124. The SMILES string of the molecule is COc1ccc(C(NC(=O)COC(=O)c2ccc(C)nc2)c2ccc(OC)cc2)cc1. The van der Waals surface area contributed by atoms with E-state index in [1.165, 1.54) is 6.20 Å². The molecule has 0 aliphatic rings. The normalized spacial score (nSPS) is 10.5. The standard InChI is InChI=1S/C24H24N2O5/c1-16-4-5-19(14-25-16)24(28)31-15-22(27)26-23(17-6-10-20(29-2)11-7-17)18-8-12-21(30-3)13-9-18/h4-14,23H,15H2,1-3H3,(H,26,27). The van der Waals surface area contributed by atoms with Crippen molar-refractivity contribution in [2.24, 2.45) is 0 Å². The maximum atomic E-state index is 12.6. The van der Waals surface area contributed by atoms with Crippen LogP contribution in [0.15, 0.2) is 66.9 Å². The number of aryl methyl sites for hydroxylation is 1. The van der Waals surface area contributed by atoms with Gasteiger partial charge in [-0.1, -0.05) is 24.3 Å². The number of hydrogen-bond acceptors (Lipinski definition) is 6. The minimum atomic E-state index is -0.604. The lowest BCUT2D eigenvalue weighted by Crippen LogP contribution is -2.33. The highest BCUT2D eigenvalue weighted by Gasteiger charge is 2.19. The van der Waals surface area contributed by atoms with Crippen LogP contribution in [0.1, 0.15) is 33.2 Å². The molecule has 0 spiro atoms. The van der Waals surface area contributed by atoms with Gasteiger partial charge in [0.1, 0.15) is 11.5 Å². The summed E-state index contributed by atoms with van der Waals surface area (Å²) < 4.78 is 15.6. The van der Waals surface area contributed by atoms with Gasteiger partial charge in [0.05, 0.1) is 25.8 Å². The maximum absolute atomic E-state index is 12.6. The van der Waals surface area contributed by atoms with Crippen LogP contribution in [0.3, 0.4) is 0 Å². The van der Waals surface area contributed by atoms with Gasteiger partial charge in [-0.2, -0.15) is 0 Å². The molecule has 1 aromatic heterocycles. The van der Waals surface area contributed by atoms with Gasteiger partial charge in [-0.25, -0.2) is 4.79 Å². The molecule has 0 unspecified atom stereocenters. The first-order chi connectivity index (χ1) is 15.0. The van der Waals surface area contributed by atoms with Crippen LogP contribution in [-0.2, 0) is 9.53 Å². The largest absolute Gasteiger partial charge is 0.497 e. The highest BCUT2D eigenvalue weighted by molar-refractivity contribution is 5.91. The molecule has 0 radical (unpaired) electrons. The predicted molar refractivity (Wildman–Crippen MR) is 115 cm³/mol. The Balaban J connectivity index is 1.72. The van der Waals surface area contributed by atoms with Crippen molar-refractivity contribution in [2.45, 2.75) is 13.0 Å². The lowest BCUT2D eigenvalue weighted by atomic mass is 9.98. The number of nitrogens with zero attached hydrogens (tertiary/aromatic N) is 1. The second-order valence-corrected chi connectivity index (χ2v) is 6.81. The Kier molecular flexibility index (Phi) is 7.22. The maximum Gasteiger partial charge on any atom is 0.340 e. The van der Waals surface area contributed by atoms with E-state index in [4.69, 9.17) is 14.2 Å². The highest BCUT2D eigenvalue weighted by atomic mass is 16.5. The van der Waals surface area contributed by atoms with E-state index in [0.29, 0.717) is 17.1 Å². The van der Waals surface area contributed by atoms with Crippen LogP contribution in [0.5, 0.6) is 11.5 Å². The third kappa shape index (κ3) is 5.82. The Morgan fingerprint density at radius 1 is 0.871 bits per heavy atom. The monoisotopic (exact) mass is 420 g/mol. The molecule has 0 fully saturated rings. The van der Waals surface area contributed by atoms with Crippen LogP contribution in [0.2, 0.25) is 0 Å². The fourth-order valence-electron chi connectivity index (χ4n) is 2.96. The van der Waals surface area contributed by atoms with Crippen molar-refractivity contribution in [3.05, 3.63) is 89.2 Å². The molecule has 0 saturated carbocycles. The van der Waals surface area contributed by atoms with Gasteiger partial charge in [-0.3, -0.25) is 9.78 Å². The molecule has 1 heterocycles. The minimum Gasteiger partial charge on any atom is -0.497 e. The minimum absolute atomic E-state index is 0.292. The molecule has 1 N–H and O–H groups in total. The van der Waals surface area contributed by atoms with E-state index >= 15 is 0 Å². The zero-order valence-electron chi connectivity index (χ0n) is 17.6. The molecule has 160 valence electrons. The summed E-state index contributed by atoms with van der Waals surface area (Å²) in [5.74, 6) is 0.395. The highest BCUT2D eigenvalue weighted by Crippen LogP contribution is 2.26. The lowest BCUT2D eigenvalue weighted by Gasteiger charge is -2.20. The zero-order valence-corrected chi connectivity index (χ0v) is 17.6. The molecule has 0 atom stereocenters. The summed E-state index contributed by atoms with van der Waals surface area (Å²) in [6.07, 6.45) is 1.42. The number of carbonyl (C=O) groups excluding carboxylic acids is 2. The van der Waals surface area contributed by atoms with E-state index in [2.05, 4.69) is 10.3 Å². The summed E-state index contributed by atoms with van der Waals surface area (Å²) in [5.41, 5.74) is 2.79. The van der Waals surface area contributed by atoms with Gasteiger partial charge in [0.2, 0.25) is 0 Å². The second kappa shape index (κ2) is 10.2. The van der Waals surface area contributed by atoms with Crippen LogP contribution in [-0.4, -0.2) is 37.7 Å². The molecule has 1 amide bonds. The first-order valence-electron chi connectivity index (χ1n) is 9.67. The van der Waals surface area contributed by atoms with Crippen molar-refractivity contribution in [3.8, 4) is 11.5 Å². The topological polar surface area (TPSA) is 86.8 Å². The van der Waals surface area contributed by atoms with Crippen molar-refractivity contribution in [2.75, 3.05) is 20.8 Å². The van der Waals surface area contributed by atoms with E-state index in [-0.39, 0.29) is 0 Å². The molecule has 0 aliphatic heterocycles. The molecule has 0 bridgehead atoms. The molecular formula is C24H24N2O5. The number of methoxy groups -OCH3 is 2. The van der Waals surface area contributed by atoms with Crippen molar-refractivity contribution >= 4 is 11.9 Å². The molecule has 7 heteroatoms. The van der Waals surface area contributed by atoms with Gasteiger partial charge in [-0.15, -0.1) is 0 Å². The molecule has 0 aliphatic carbocycles. The van der Waals surface area contributed by atoms with Gasteiger partial charge in [0, 0.05) is 11.9 Å². The van der Waals surface area contributed by atoms with E-state index in [1.54, 1.807) is 26.4 Å². The number of carbonyl (C=O) groups is 2. The number of ether oxygens (including phenoxy) is 3. The molecule has 3 aromatic rings.